The average Bonchev–Trinajstić information content (AvgIpc) is 2.76. The second kappa shape index (κ2) is 5.72. The van der Waals surface area contributed by atoms with Crippen molar-refractivity contribution in [3.8, 4) is 0 Å². The maximum atomic E-state index is 11.8. The lowest BCUT2D eigenvalue weighted by Crippen LogP contribution is -2.36. The van der Waals surface area contributed by atoms with Gasteiger partial charge >= 0.3 is 5.97 Å². The van der Waals surface area contributed by atoms with Gasteiger partial charge in [0.2, 0.25) is 0 Å². The normalized spacial score (nSPS) is 27.4. The van der Waals surface area contributed by atoms with Crippen molar-refractivity contribution in [2.24, 2.45) is 11.3 Å². The number of aliphatic hydroxyl groups excluding tert-OH is 1. The van der Waals surface area contributed by atoms with Crippen molar-refractivity contribution in [1.82, 2.24) is 4.90 Å². The number of benzene rings is 1. The van der Waals surface area contributed by atoms with Crippen molar-refractivity contribution in [3.05, 3.63) is 35.9 Å². The number of hydrogen-bond acceptors (Lipinski definition) is 4. The Kier molecular flexibility index (Phi) is 4.22. The predicted molar refractivity (Wildman–Crippen MR) is 72.4 cm³/mol. The molecular formula is C15H21NO3. The standard InChI is InChI=1S/C15H21NO3/c1-15(11-17)10-16(9-13(15)14(18)19-2)8-12-6-4-3-5-7-12/h3-7,13,17H,8-11H2,1-2H3. The molecule has 1 aliphatic heterocycles. The number of ether oxygens (including phenoxy) is 1. The summed E-state index contributed by atoms with van der Waals surface area (Å²) >= 11 is 0. The minimum absolute atomic E-state index is 0.00193. The quantitative estimate of drug-likeness (QED) is 0.832. The summed E-state index contributed by atoms with van der Waals surface area (Å²) < 4.78 is 4.85. The Hall–Kier alpha value is -1.39. The summed E-state index contributed by atoms with van der Waals surface area (Å²) in [6, 6.07) is 10.1. The number of esters is 1. The van der Waals surface area contributed by atoms with Crippen LogP contribution in [0.1, 0.15) is 12.5 Å². The third-order valence-electron chi connectivity index (χ3n) is 3.96. The van der Waals surface area contributed by atoms with Crippen LogP contribution in [0.15, 0.2) is 30.3 Å². The predicted octanol–water partition coefficient (Wildman–Crippen LogP) is 1.29. The summed E-state index contributed by atoms with van der Waals surface area (Å²) in [5, 5.41) is 9.59. The number of hydrogen-bond donors (Lipinski definition) is 1. The molecule has 1 fully saturated rings. The van der Waals surface area contributed by atoms with E-state index >= 15 is 0 Å². The van der Waals surface area contributed by atoms with E-state index in [1.807, 2.05) is 25.1 Å². The molecular weight excluding hydrogens is 242 g/mol. The summed E-state index contributed by atoms with van der Waals surface area (Å²) in [6.07, 6.45) is 0. The first-order chi connectivity index (χ1) is 9.09. The number of carbonyl (C=O) groups is 1. The Bertz CT molecular complexity index is 434. The van der Waals surface area contributed by atoms with E-state index in [2.05, 4.69) is 17.0 Å². The van der Waals surface area contributed by atoms with E-state index in [9.17, 15) is 9.90 Å². The van der Waals surface area contributed by atoms with Crippen molar-refractivity contribution in [2.75, 3.05) is 26.8 Å². The highest BCUT2D eigenvalue weighted by molar-refractivity contribution is 5.74. The molecule has 0 spiro atoms. The number of nitrogens with zero attached hydrogens (tertiary/aromatic N) is 1. The van der Waals surface area contributed by atoms with Crippen LogP contribution < -0.4 is 0 Å². The van der Waals surface area contributed by atoms with Gasteiger partial charge in [-0.3, -0.25) is 9.69 Å². The fraction of sp³-hybridized carbons (Fsp3) is 0.533. The zero-order valence-electron chi connectivity index (χ0n) is 11.5. The van der Waals surface area contributed by atoms with Gasteiger partial charge in [0.15, 0.2) is 0 Å². The maximum Gasteiger partial charge on any atom is 0.310 e. The zero-order chi connectivity index (χ0) is 13.9. The van der Waals surface area contributed by atoms with Crippen LogP contribution in [-0.4, -0.2) is 42.8 Å². The van der Waals surface area contributed by atoms with Crippen molar-refractivity contribution in [1.29, 1.82) is 0 Å². The fourth-order valence-corrected chi connectivity index (χ4v) is 2.79. The Labute approximate surface area is 114 Å². The number of methoxy groups -OCH3 is 1. The van der Waals surface area contributed by atoms with Gasteiger partial charge in [0.25, 0.3) is 0 Å². The van der Waals surface area contributed by atoms with Crippen LogP contribution in [0.2, 0.25) is 0 Å². The molecule has 2 unspecified atom stereocenters. The third-order valence-corrected chi connectivity index (χ3v) is 3.96. The first-order valence-corrected chi connectivity index (χ1v) is 6.54. The SMILES string of the molecule is COC(=O)C1CN(Cc2ccccc2)CC1(C)CO. The first kappa shape index (κ1) is 14.0. The van der Waals surface area contributed by atoms with Gasteiger partial charge in [0.05, 0.1) is 19.6 Å². The number of aliphatic hydroxyl groups is 1. The van der Waals surface area contributed by atoms with Gasteiger partial charge in [-0.2, -0.15) is 0 Å². The Morgan fingerprint density at radius 1 is 1.47 bits per heavy atom. The van der Waals surface area contributed by atoms with E-state index in [-0.39, 0.29) is 18.5 Å². The fourth-order valence-electron chi connectivity index (χ4n) is 2.79. The average molecular weight is 263 g/mol. The van der Waals surface area contributed by atoms with Gasteiger partial charge in [-0.1, -0.05) is 37.3 Å². The van der Waals surface area contributed by atoms with Gasteiger partial charge in [-0.15, -0.1) is 0 Å². The molecule has 1 aromatic rings. The number of carbonyl (C=O) groups excluding carboxylic acids is 1. The zero-order valence-corrected chi connectivity index (χ0v) is 11.5. The highest BCUT2D eigenvalue weighted by Gasteiger charge is 2.47. The Morgan fingerprint density at radius 3 is 2.74 bits per heavy atom. The lowest BCUT2D eigenvalue weighted by molar-refractivity contribution is -0.149. The summed E-state index contributed by atoms with van der Waals surface area (Å²) in [7, 11) is 1.40. The molecule has 0 bridgehead atoms. The lowest BCUT2D eigenvalue weighted by Gasteiger charge is -2.26. The topological polar surface area (TPSA) is 49.8 Å². The molecule has 2 rings (SSSR count). The second-order valence-corrected chi connectivity index (χ2v) is 5.54. The number of likely N-dealkylation sites (tertiary alicyclic amines) is 1. The molecule has 1 N–H and O–H groups in total. The van der Waals surface area contributed by atoms with Crippen LogP contribution in [0.3, 0.4) is 0 Å². The van der Waals surface area contributed by atoms with Crippen molar-refractivity contribution in [2.45, 2.75) is 13.5 Å². The molecule has 4 heteroatoms. The molecule has 19 heavy (non-hydrogen) atoms. The molecule has 0 amide bonds. The van der Waals surface area contributed by atoms with E-state index in [1.165, 1.54) is 12.7 Å². The van der Waals surface area contributed by atoms with Crippen LogP contribution in [0.5, 0.6) is 0 Å². The van der Waals surface area contributed by atoms with Crippen LogP contribution in [-0.2, 0) is 16.1 Å². The molecule has 0 aromatic heterocycles. The summed E-state index contributed by atoms with van der Waals surface area (Å²) in [6.45, 7) is 4.08. The van der Waals surface area contributed by atoms with E-state index in [0.717, 1.165) is 6.54 Å². The van der Waals surface area contributed by atoms with Gasteiger partial charge < -0.3 is 9.84 Å². The van der Waals surface area contributed by atoms with E-state index < -0.39 is 5.41 Å². The highest BCUT2D eigenvalue weighted by atomic mass is 16.5. The molecule has 104 valence electrons. The molecule has 4 nitrogen and oxygen atoms in total. The van der Waals surface area contributed by atoms with Crippen LogP contribution in [0.25, 0.3) is 0 Å². The summed E-state index contributed by atoms with van der Waals surface area (Å²) in [5.41, 5.74) is 0.801. The van der Waals surface area contributed by atoms with E-state index in [0.29, 0.717) is 13.1 Å². The minimum atomic E-state index is -0.415. The van der Waals surface area contributed by atoms with Crippen molar-refractivity contribution < 1.29 is 14.6 Å². The van der Waals surface area contributed by atoms with Crippen LogP contribution >= 0.6 is 0 Å². The highest BCUT2D eigenvalue weighted by Crippen LogP contribution is 2.36. The molecule has 1 aromatic carbocycles. The Morgan fingerprint density at radius 2 is 2.16 bits per heavy atom. The Balaban J connectivity index is 2.08. The molecule has 1 saturated heterocycles. The van der Waals surface area contributed by atoms with E-state index in [1.54, 1.807) is 0 Å². The monoisotopic (exact) mass is 263 g/mol. The maximum absolute atomic E-state index is 11.8. The van der Waals surface area contributed by atoms with Gasteiger partial charge in [-0.05, 0) is 5.56 Å². The molecule has 0 aliphatic carbocycles. The minimum Gasteiger partial charge on any atom is -0.469 e. The summed E-state index contributed by atoms with van der Waals surface area (Å²) in [5.74, 6) is -0.488. The van der Waals surface area contributed by atoms with Gasteiger partial charge in [0.1, 0.15) is 0 Å². The molecule has 2 atom stereocenters. The van der Waals surface area contributed by atoms with E-state index in [4.69, 9.17) is 4.74 Å². The second-order valence-electron chi connectivity index (χ2n) is 5.54. The largest absolute Gasteiger partial charge is 0.469 e. The van der Waals surface area contributed by atoms with Crippen LogP contribution in [0, 0.1) is 11.3 Å². The number of rotatable bonds is 4. The molecule has 0 saturated carbocycles. The van der Waals surface area contributed by atoms with Crippen molar-refractivity contribution in [3.63, 3.8) is 0 Å². The van der Waals surface area contributed by atoms with Gasteiger partial charge in [0, 0.05) is 25.0 Å². The molecule has 0 radical (unpaired) electrons. The third kappa shape index (κ3) is 2.96. The molecule has 1 heterocycles. The summed E-state index contributed by atoms with van der Waals surface area (Å²) in [4.78, 5) is 14.0. The smallest absolute Gasteiger partial charge is 0.310 e. The van der Waals surface area contributed by atoms with Crippen LogP contribution in [0.4, 0.5) is 0 Å². The van der Waals surface area contributed by atoms with Gasteiger partial charge in [-0.25, -0.2) is 0 Å². The lowest BCUT2D eigenvalue weighted by atomic mass is 9.81. The molecule has 1 aliphatic rings. The van der Waals surface area contributed by atoms with Crippen molar-refractivity contribution >= 4 is 5.97 Å². The first-order valence-electron chi connectivity index (χ1n) is 6.54.